The number of hydrogen-bond donors (Lipinski definition) is 4. The van der Waals surface area contributed by atoms with Gasteiger partial charge in [0.25, 0.3) is 9.05 Å². The van der Waals surface area contributed by atoms with E-state index in [4.69, 9.17) is 36.2 Å². The Morgan fingerprint density at radius 3 is 1.03 bits per heavy atom. The summed E-state index contributed by atoms with van der Waals surface area (Å²) in [5.41, 5.74) is 6.74. The molecule has 0 fully saturated rings. The summed E-state index contributed by atoms with van der Waals surface area (Å²) < 4.78 is 140. The monoisotopic (exact) mass is 1840 g/mol. The van der Waals surface area contributed by atoms with Gasteiger partial charge in [-0.2, -0.15) is 35.7 Å². The third kappa shape index (κ3) is 22.8. The summed E-state index contributed by atoms with van der Waals surface area (Å²) in [6.07, 6.45) is 11.9. The molecule has 115 heavy (non-hydrogen) atoms. The van der Waals surface area contributed by atoms with Crippen LogP contribution in [0.3, 0.4) is 0 Å². The summed E-state index contributed by atoms with van der Waals surface area (Å²) in [5.74, 6) is 0. The van der Waals surface area contributed by atoms with E-state index in [0.717, 1.165) is 75.4 Å². The van der Waals surface area contributed by atoms with E-state index in [0.29, 0.717) is 19.6 Å². The number of nitrogens with one attached hydrogen (secondary N) is 1. The molecule has 0 aliphatic heterocycles. The molecule has 0 radical (unpaired) electrons. The van der Waals surface area contributed by atoms with Crippen molar-refractivity contribution in [2.75, 3.05) is 0 Å². The Morgan fingerprint density at radius 2 is 0.678 bits per heavy atom. The summed E-state index contributed by atoms with van der Waals surface area (Å²) in [6.45, 7) is 31.4. The van der Waals surface area contributed by atoms with Gasteiger partial charge in [0.1, 0.15) is 18.2 Å². The zero-order valence-corrected chi connectivity index (χ0v) is 79.2. The fourth-order valence-electron chi connectivity index (χ4n) is 10.5. The van der Waals surface area contributed by atoms with E-state index < -0.39 is 83.7 Å². The second-order valence-corrected chi connectivity index (χ2v) is 59.9. The van der Waals surface area contributed by atoms with Gasteiger partial charge in [-0.3, -0.25) is 40.8 Å². The van der Waals surface area contributed by atoms with Crippen LogP contribution in [0.2, 0.25) is 54.4 Å². The molecule has 0 amide bonds. The average molecular weight is 1840 g/mol. The van der Waals surface area contributed by atoms with Gasteiger partial charge in [0.2, 0.25) is 20.0 Å². The molecule has 620 valence electrons. The maximum absolute atomic E-state index is 12.9. The lowest BCUT2D eigenvalue weighted by Gasteiger charge is -2.36. The molecule has 3 unspecified atom stereocenters. The predicted octanol–water partition coefficient (Wildman–Crippen LogP) is 15.9. The minimum absolute atomic E-state index is 0.00293. The van der Waals surface area contributed by atoms with Crippen molar-refractivity contribution in [3.8, 4) is 0 Å². The van der Waals surface area contributed by atoms with Crippen LogP contribution < -0.4 is 14.7 Å². The number of rotatable bonds is 10. The first-order valence-electron chi connectivity index (χ1n) is 35.5. The van der Waals surface area contributed by atoms with E-state index in [2.05, 4.69) is 159 Å². The largest absolute Gasteiger partial charge is 0.302 e. The van der Waals surface area contributed by atoms with E-state index in [9.17, 15) is 37.9 Å². The Morgan fingerprint density at radius 1 is 0.400 bits per heavy atom. The third-order valence-corrected chi connectivity index (χ3v) is 47.5. The Bertz CT molecular complexity index is 6380. The smallest absolute Gasteiger partial charge is 0.261 e. The molecule has 7 heterocycles. The molecular weight excluding hydrogens is 1740 g/mol. The fourth-order valence-corrected chi connectivity index (χ4v) is 28.5. The van der Waals surface area contributed by atoms with Gasteiger partial charge in [-0.1, -0.05) is 91.3 Å². The van der Waals surface area contributed by atoms with E-state index >= 15 is 0 Å². The van der Waals surface area contributed by atoms with E-state index in [1.54, 1.807) is 140 Å². The topological polar surface area (TPSA) is 387 Å². The molecule has 0 aliphatic carbocycles. The van der Waals surface area contributed by atoms with Crippen molar-refractivity contribution in [2.45, 2.75) is 146 Å². The van der Waals surface area contributed by atoms with Crippen molar-refractivity contribution in [1.82, 2.24) is 72.9 Å². The number of nitrogens with two attached hydrogens (primary N) is 2. The highest BCUT2D eigenvalue weighted by molar-refractivity contribution is 9.10. The van der Waals surface area contributed by atoms with Crippen LogP contribution in [-0.4, -0.2) is 136 Å². The molecule has 41 heteroatoms. The highest BCUT2D eigenvalue weighted by Gasteiger charge is 2.41. The molecule has 6 N–H and O–H groups in total. The van der Waals surface area contributed by atoms with E-state index in [-0.39, 0.29) is 24.9 Å². The number of nitrogens with zero attached hydrogens (tertiary/aromatic N) is 16. The van der Waals surface area contributed by atoms with Gasteiger partial charge >= 0.3 is 0 Å². The van der Waals surface area contributed by atoms with Crippen molar-refractivity contribution in [3.63, 3.8) is 0 Å². The fraction of sp³-hybridized carbons (Fsp3) is 0.338. The Balaban J connectivity index is 0.000000170. The van der Waals surface area contributed by atoms with Gasteiger partial charge in [0.15, 0.2) is 36.5 Å². The number of aryl methyl sites for hydroxylation is 7. The summed E-state index contributed by atoms with van der Waals surface area (Å²) in [5, 5.41) is 46.0. The Labute approximate surface area is 695 Å². The standard InChI is InChI=1S/C14H22ClN3OSSi.C14H24N4OSSi.C14H23N3O2SSi.C8H7BrN2.C8H7ClN2O2S.C8H9N3O2S.C8H8N2O2S/c2*1-14(2,3)21(5,6)17-20(15,19)12-7-8-13-11(9-12)10-16-18(13)4;1-14(2,3)21(5,6)16-20(18,19)12-7-8-13-11(9-12)10-15-17(13)4;1-11-8-3-2-7(9)4-6(8)5-10-11;2*1-11-8-3-2-7(14(9,12)13)4-6(8)5-10-11;1-10-8-3-2-7(13(11)12)4-6(8)5-9-10/h7-10H,1-6H3;7-10H,1-6H3,(H2,15,17,19);7-10,16H,1-6H3;2-5H,1H3;2-5H,1H3;2-5H,1H3,(H2,9,12,13);2-5H,1H3,(H,11,12). The minimum Gasteiger partial charge on any atom is -0.302 e. The molecule has 14 rings (SSSR count). The van der Waals surface area contributed by atoms with E-state index in [1.807, 2.05) is 95.6 Å². The minimum atomic E-state index is -3.65. The van der Waals surface area contributed by atoms with Crippen molar-refractivity contribution in [2.24, 2.45) is 67.7 Å². The molecule has 0 spiro atoms. The summed E-state index contributed by atoms with van der Waals surface area (Å²) >= 11 is 1.49. The predicted molar refractivity (Wildman–Crippen MR) is 476 cm³/mol. The number of aromatic nitrogens is 14. The molecule has 0 bridgehead atoms. The number of primary sulfonamides is 1. The maximum Gasteiger partial charge on any atom is 0.261 e. The molecule has 0 aliphatic rings. The summed E-state index contributed by atoms with van der Waals surface area (Å²) in [4.78, 5) is 2.05. The number of fused-ring (bicyclic) bond motifs is 7. The average Bonchev–Trinajstić information content (AvgIpc) is 0.840. The van der Waals surface area contributed by atoms with Crippen LogP contribution in [0.25, 0.3) is 76.3 Å². The van der Waals surface area contributed by atoms with Crippen LogP contribution in [0.5, 0.6) is 0 Å². The van der Waals surface area contributed by atoms with Crippen molar-refractivity contribution >= 4 is 197 Å². The Kier molecular flexibility index (Phi) is 28.3. The van der Waals surface area contributed by atoms with Crippen LogP contribution in [0.15, 0.2) is 213 Å². The Hall–Kier alpha value is -7.72. The van der Waals surface area contributed by atoms with Crippen LogP contribution in [-0.2, 0) is 108 Å². The van der Waals surface area contributed by atoms with Gasteiger partial charge in [0, 0.05) is 113 Å². The van der Waals surface area contributed by atoms with Crippen molar-refractivity contribution in [1.29, 1.82) is 0 Å². The molecule has 7 aromatic carbocycles. The van der Waals surface area contributed by atoms with Crippen LogP contribution in [0, 0.1) is 0 Å². The van der Waals surface area contributed by atoms with Crippen LogP contribution >= 0.6 is 37.3 Å². The normalized spacial score (nSPS) is 13.8. The van der Waals surface area contributed by atoms with Gasteiger partial charge in [-0.15, -0.1) is 0 Å². The van der Waals surface area contributed by atoms with Gasteiger partial charge in [0.05, 0.1) is 111 Å². The maximum atomic E-state index is 12.9. The quantitative estimate of drug-likeness (QED) is 0.0561. The lowest BCUT2D eigenvalue weighted by Crippen LogP contribution is -2.54. The number of hydrogen-bond acceptors (Lipinski definition) is 18. The molecule has 3 atom stereocenters. The zero-order valence-electron chi connectivity index (χ0n) is 68.2. The lowest BCUT2D eigenvalue weighted by molar-refractivity contribution is 0.564. The van der Waals surface area contributed by atoms with Crippen LogP contribution in [0.1, 0.15) is 62.3 Å². The third-order valence-electron chi connectivity index (χ3n) is 20.4. The molecule has 7 aromatic heterocycles. The van der Waals surface area contributed by atoms with Crippen LogP contribution in [0.4, 0.5) is 0 Å². The lowest BCUT2D eigenvalue weighted by atomic mass is 10.2. The van der Waals surface area contributed by atoms with Crippen molar-refractivity contribution in [3.05, 3.63) is 175 Å². The molecule has 29 nitrogen and oxygen atoms in total. The number of sulfonamides is 2. The first-order chi connectivity index (χ1) is 52.7. The second-order valence-electron chi connectivity index (χ2n) is 31.9. The van der Waals surface area contributed by atoms with Gasteiger partial charge < -0.3 is 4.55 Å². The second kappa shape index (κ2) is 35.1. The number of halogens is 3. The zero-order chi connectivity index (χ0) is 86.1. The highest BCUT2D eigenvalue weighted by Crippen LogP contribution is 2.41. The molecule has 14 aromatic rings. The first kappa shape index (κ1) is 92.8. The van der Waals surface area contributed by atoms with E-state index in [1.165, 1.54) is 29.7 Å². The first-order valence-corrected chi connectivity index (χ1v) is 55.5. The molecular formula is C74H100BrCl2N19O10S6Si3. The van der Waals surface area contributed by atoms with Crippen molar-refractivity contribution < 1.29 is 42.4 Å². The molecule has 0 saturated carbocycles. The number of benzene rings is 7. The van der Waals surface area contributed by atoms with Gasteiger partial charge in [-0.05, 0) is 169 Å². The summed E-state index contributed by atoms with van der Waals surface area (Å²) in [7, 11) is 1.59. The van der Waals surface area contributed by atoms with Gasteiger partial charge in [-0.25, -0.2) is 52.5 Å². The molecule has 0 saturated heterocycles. The highest BCUT2D eigenvalue weighted by atomic mass is 79.9. The summed E-state index contributed by atoms with van der Waals surface area (Å²) in [6, 6.07) is 36.7. The SMILES string of the molecule is Cn1ncc2cc(Br)ccc21.Cn1ncc2cc(S(=O)(=O)Cl)ccc21.Cn1ncc2cc(S(=O)(=O)N[Si](C)(C)C(C)(C)C)ccc21.Cn1ncc2cc(S(=O)(Cl)=N[Si](C)(C)C(C)(C)C)ccc21.Cn1ncc2cc(S(=O)O)ccc21.Cn1ncc2cc(S(N)(=O)=N[Si](C)(C)C(C)(C)C)ccc21.Cn1ncc2cc(S(N)(=O)=O)ccc21.